The van der Waals surface area contributed by atoms with Crippen molar-refractivity contribution in [2.24, 2.45) is 0 Å². The molecule has 0 aliphatic rings. The summed E-state index contributed by atoms with van der Waals surface area (Å²) in [7, 11) is 0. The zero-order chi connectivity index (χ0) is 39.4. The van der Waals surface area contributed by atoms with E-state index < -0.39 is 0 Å². The van der Waals surface area contributed by atoms with Crippen molar-refractivity contribution < 1.29 is 21.5 Å². The first kappa shape index (κ1) is 55.4. The zero-order valence-electron chi connectivity index (χ0n) is 38.8. The summed E-state index contributed by atoms with van der Waals surface area (Å²) >= 11 is 0. The number of hydrogen-bond acceptors (Lipinski definition) is 0. The van der Waals surface area contributed by atoms with Gasteiger partial charge in [-0.25, -0.2) is 9.55 Å². The lowest BCUT2D eigenvalue weighted by atomic mass is 9.97. The Morgan fingerprint density at radius 3 is 1.07 bits per heavy atom. The fourth-order valence-corrected chi connectivity index (χ4v) is 8.79. The van der Waals surface area contributed by atoms with E-state index in [9.17, 15) is 0 Å². The molecule has 0 aromatic carbocycles. The Balaban J connectivity index is 0.0000302. The van der Waals surface area contributed by atoms with Gasteiger partial charge in [0.05, 0.1) is 12.5 Å². The van der Waals surface area contributed by atoms with Gasteiger partial charge in [-0.05, 0) is 32.1 Å². The van der Waals surface area contributed by atoms with E-state index in [1.54, 1.807) is 0 Å². The van der Waals surface area contributed by atoms with Gasteiger partial charge in [-0.3, -0.25) is 0 Å². The lowest BCUT2D eigenvalue weighted by Crippen LogP contribution is -3.00. The van der Waals surface area contributed by atoms with Crippen LogP contribution < -0.4 is 21.5 Å². The molecule has 3 heteroatoms. The summed E-state index contributed by atoms with van der Waals surface area (Å²) in [4.78, 5) is 3.71. The number of rotatable bonds is 46. The summed E-state index contributed by atoms with van der Waals surface area (Å²) < 4.78 is 2.56. The van der Waals surface area contributed by atoms with Crippen molar-refractivity contribution in [2.75, 3.05) is 0 Å². The zero-order valence-corrected chi connectivity index (χ0v) is 40.4. The molecule has 0 radical (unpaired) electrons. The largest absolute Gasteiger partial charge is 1.00 e. The van der Waals surface area contributed by atoms with E-state index in [2.05, 4.69) is 54.9 Å². The highest BCUT2D eigenvalue weighted by Gasteiger charge is 2.20. The molecule has 0 fully saturated rings. The van der Waals surface area contributed by atoms with Crippen LogP contribution in [0.4, 0.5) is 0 Å². The van der Waals surface area contributed by atoms with Crippen LogP contribution in [0.1, 0.15) is 309 Å². The highest BCUT2D eigenvalue weighted by atomic mass is 79.9. The number of unbranched alkanes of at least 4 members (excludes halogenated alkanes) is 39. The molecule has 0 aliphatic carbocycles. The van der Waals surface area contributed by atoms with Gasteiger partial charge in [0.15, 0.2) is 0 Å². The number of aromatic nitrogens is 2. The third-order valence-electron chi connectivity index (χ3n) is 12.6. The van der Waals surface area contributed by atoms with Crippen molar-refractivity contribution in [1.29, 1.82) is 0 Å². The maximum absolute atomic E-state index is 3.71. The molecule has 1 atom stereocenters. The normalized spacial score (nSPS) is 12.2. The summed E-state index contributed by atoms with van der Waals surface area (Å²) in [6.45, 7) is 8.12. The first-order valence-electron chi connectivity index (χ1n) is 26.1. The third kappa shape index (κ3) is 37.7. The van der Waals surface area contributed by atoms with Gasteiger partial charge in [0.25, 0.3) is 5.82 Å². The van der Waals surface area contributed by atoms with Gasteiger partial charge in [-0.1, -0.05) is 277 Å². The minimum atomic E-state index is 0. The molecule has 2 nitrogen and oxygen atoms in total. The standard InChI is InChI=1S/C53H102N2.BrH/c1-4-7-10-13-16-19-21-23-25-27-29-31-33-35-37-39-42-45-48-52(53-54-49-51-55(53)50-46-43-40-18-15-12-9-6-3)47-44-41-38-36-34-32-30-28-26-24-22-20-17-14-11-8-5-2;/h44,47,49,51-52H,4-43,45-46,48,50H2,1-3H3;1H. The van der Waals surface area contributed by atoms with Crippen LogP contribution in [0.2, 0.25) is 0 Å². The van der Waals surface area contributed by atoms with E-state index in [4.69, 9.17) is 0 Å². The molecular formula is C53H103BrN2. The van der Waals surface area contributed by atoms with Crippen molar-refractivity contribution in [3.8, 4) is 0 Å². The van der Waals surface area contributed by atoms with E-state index in [1.165, 1.54) is 288 Å². The quantitative estimate of drug-likeness (QED) is 0.0383. The third-order valence-corrected chi connectivity index (χ3v) is 12.6. The summed E-state index contributed by atoms with van der Waals surface area (Å²) in [5, 5.41) is 0. The van der Waals surface area contributed by atoms with Crippen LogP contribution in [0.3, 0.4) is 0 Å². The molecule has 0 saturated heterocycles. The Morgan fingerprint density at radius 1 is 0.411 bits per heavy atom. The molecule has 1 aromatic heterocycles. The first-order chi connectivity index (χ1) is 27.3. The minimum Gasteiger partial charge on any atom is -1.00 e. The molecule has 1 rings (SSSR count). The van der Waals surface area contributed by atoms with Crippen LogP contribution >= 0.6 is 0 Å². The van der Waals surface area contributed by atoms with Gasteiger partial charge >= 0.3 is 0 Å². The monoisotopic (exact) mass is 847 g/mol. The van der Waals surface area contributed by atoms with E-state index in [0.717, 1.165) is 0 Å². The summed E-state index contributed by atoms with van der Waals surface area (Å²) in [5.41, 5.74) is 0. The van der Waals surface area contributed by atoms with Gasteiger partial charge in [-0.2, -0.15) is 0 Å². The van der Waals surface area contributed by atoms with Crippen molar-refractivity contribution in [3.05, 3.63) is 30.4 Å². The Hall–Kier alpha value is -0.570. The van der Waals surface area contributed by atoms with Crippen molar-refractivity contribution in [2.45, 2.75) is 309 Å². The SMILES string of the molecule is CCCCCCCCCCCCCCCCCC=CC(CCCCCCCCCCCCCCCCCCCC)c1[nH]cc[n+]1CCCCCCCCCC.[Br-]. The lowest BCUT2D eigenvalue weighted by molar-refractivity contribution is -0.704. The number of aromatic amines is 1. The second-order valence-corrected chi connectivity index (χ2v) is 18.1. The van der Waals surface area contributed by atoms with Crippen LogP contribution in [0.5, 0.6) is 0 Å². The molecule has 1 N–H and O–H groups in total. The van der Waals surface area contributed by atoms with Gasteiger partial charge in [0, 0.05) is 0 Å². The fraction of sp³-hybridized carbons (Fsp3) is 0.906. The smallest absolute Gasteiger partial charge is 0.261 e. The number of hydrogen-bond donors (Lipinski definition) is 1. The number of halogens is 1. The molecule has 0 spiro atoms. The van der Waals surface area contributed by atoms with Crippen LogP contribution in [-0.4, -0.2) is 4.98 Å². The molecule has 56 heavy (non-hydrogen) atoms. The van der Waals surface area contributed by atoms with Gasteiger partial charge in [0.2, 0.25) is 0 Å². The Labute approximate surface area is 364 Å². The molecule has 1 heterocycles. The Kier molecular flexibility index (Phi) is 46.6. The number of nitrogens with one attached hydrogen (secondary N) is 1. The predicted molar refractivity (Wildman–Crippen MR) is 248 cm³/mol. The van der Waals surface area contributed by atoms with Crippen molar-refractivity contribution >= 4 is 0 Å². The fourth-order valence-electron chi connectivity index (χ4n) is 8.79. The summed E-state index contributed by atoms with van der Waals surface area (Å²) in [6, 6.07) is 0. The molecule has 1 unspecified atom stereocenters. The number of allylic oxidation sites excluding steroid dienone is 2. The van der Waals surface area contributed by atoms with Crippen molar-refractivity contribution in [1.82, 2.24) is 4.98 Å². The topological polar surface area (TPSA) is 19.7 Å². The lowest BCUT2D eigenvalue weighted by Gasteiger charge is -2.11. The summed E-state index contributed by atoms with van der Waals surface area (Å²) in [6.07, 6.45) is 71.1. The van der Waals surface area contributed by atoms with Crippen LogP contribution in [-0.2, 0) is 6.54 Å². The highest BCUT2D eigenvalue weighted by molar-refractivity contribution is 5.04. The first-order valence-corrected chi connectivity index (χ1v) is 26.1. The van der Waals surface area contributed by atoms with Crippen LogP contribution in [0.15, 0.2) is 24.5 Å². The maximum atomic E-state index is 3.71. The molecule has 0 saturated carbocycles. The molecular weight excluding hydrogens is 745 g/mol. The second-order valence-electron chi connectivity index (χ2n) is 18.1. The number of nitrogens with zero attached hydrogens (tertiary/aromatic N) is 1. The van der Waals surface area contributed by atoms with Gasteiger partial charge < -0.3 is 17.0 Å². The highest BCUT2D eigenvalue weighted by Crippen LogP contribution is 2.23. The van der Waals surface area contributed by atoms with E-state index in [0.29, 0.717) is 5.92 Å². The van der Waals surface area contributed by atoms with E-state index in [1.807, 2.05) is 0 Å². The molecule has 0 bridgehead atoms. The van der Waals surface area contributed by atoms with E-state index in [-0.39, 0.29) is 17.0 Å². The Bertz CT molecular complexity index is 877. The molecule has 1 aromatic rings. The van der Waals surface area contributed by atoms with Crippen LogP contribution in [0.25, 0.3) is 0 Å². The van der Waals surface area contributed by atoms with Gasteiger partial charge in [0.1, 0.15) is 12.4 Å². The maximum Gasteiger partial charge on any atom is 0.261 e. The Morgan fingerprint density at radius 2 is 0.714 bits per heavy atom. The average Bonchev–Trinajstić information content (AvgIpc) is 3.67. The minimum absolute atomic E-state index is 0. The molecule has 332 valence electrons. The predicted octanol–water partition coefficient (Wildman–Crippen LogP) is 15.8. The summed E-state index contributed by atoms with van der Waals surface area (Å²) in [5.74, 6) is 2.00. The van der Waals surface area contributed by atoms with Crippen molar-refractivity contribution in [3.63, 3.8) is 0 Å². The number of imidazole rings is 1. The number of aryl methyl sites for hydroxylation is 1. The molecule has 0 amide bonds. The van der Waals surface area contributed by atoms with Crippen LogP contribution in [0, 0.1) is 0 Å². The average molecular weight is 848 g/mol. The number of H-pyrrole nitrogens is 1. The van der Waals surface area contributed by atoms with E-state index >= 15 is 0 Å². The molecule has 0 aliphatic heterocycles. The second kappa shape index (κ2) is 47.1. The van der Waals surface area contributed by atoms with Gasteiger partial charge in [-0.15, -0.1) is 0 Å².